The van der Waals surface area contributed by atoms with Gasteiger partial charge in [0.05, 0.1) is 5.56 Å². The van der Waals surface area contributed by atoms with Crippen molar-refractivity contribution in [2.75, 3.05) is 5.32 Å². The van der Waals surface area contributed by atoms with Crippen molar-refractivity contribution in [2.45, 2.75) is 32.3 Å². The zero-order chi connectivity index (χ0) is 25.7. The molecule has 0 fully saturated rings. The molecule has 4 nitrogen and oxygen atoms in total. The number of nitrogens with zero attached hydrogens (tertiary/aromatic N) is 1. The molecule has 188 valence electrons. The molecule has 1 N–H and O–H groups in total. The second-order valence-corrected chi connectivity index (χ2v) is 10.5. The fraction of sp³-hybridized carbons (Fsp3) is 0.152. The van der Waals surface area contributed by atoms with E-state index >= 15 is 0 Å². The van der Waals surface area contributed by atoms with Crippen molar-refractivity contribution in [1.29, 1.82) is 0 Å². The molecule has 1 aliphatic rings. The molecule has 1 heterocycles. The van der Waals surface area contributed by atoms with Crippen LogP contribution in [0.3, 0.4) is 0 Å². The normalized spacial score (nSPS) is 12.9. The first kappa shape index (κ1) is 24.1. The molecule has 0 unspecified atom stereocenters. The van der Waals surface area contributed by atoms with E-state index in [1.807, 2.05) is 72.9 Å². The number of thiophene rings is 1. The van der Waals surface area contributed by atoms with Crippen LogP contribution in [0, 0.1) is 0 Å². The molecular weight excluding hydrogens is 488 g/mol. The molecule has 1 amide bonds. The van der Waals surface area contributed by atoms with E-state index in [0.717, 1.165) is 69.6 Å². The first-order valence-corrected chi connectivity index (χ1v) is 13.8. The number of fused-ring (bicyclic) bond motifs is 2. The maximum Gasteiger partial charge on any atom is 0.259 e. The number of nitrogens with one attached hydrogen (secondary N) is 1. The Hall–Kier alpha value is -4.22. The van der Waals surface area contributed by atoms with Crippen LogP contribution < -0.4 is 10.1 Å². The zero-order valence-electron chi connectivity index (χ0n) is 21.0. The highest BCUT2D eigenvalue weighted by Crippen LogP contribution is 2.40. The van der Waals surface area contributed by atoms with Crippen LogP contribution >= 0.6 is 11.3 Å². The Bertz CT molecular complexity index is 1610. The molecule has 0 spiro atoms. The SMILES string of the molecule is O=C(Nc1ccccc1)c1c(/N=C/c2c(OCc3ccccc3)ccc3ccccc23)sc2c1CCCC2. The number of ether oxygens (including phenoxy) is 1. The van der Waals surface area contributed by atoms with Gasteiger partial charge in [-0.1, -0.05) is 78.9 Å². The Labute approximate surface area is 226 Å². The summed E-state index contributed by atoms with van der Waals surface area (Å²) in [7, 11) is 0. The number of benzene rings is 4. The topological polar surface area (TPSA) is 50.7 Å². The Morgan fingerprint density at radius 2 is 1.61 bits per heavy atom. The average molecular weight is 517 g/mol. The summed E-state index contributed by atoms with van der Waals surface area (Å²) in [6.07, 6.45) is 6.04. The highest BCUT2D eigenvalue weighted by molar-refractivity contribution is 7.16. The number of anilines is 1. The smallest absolute Gasteiger partial charge is 0.259 e. The molecule has 4 aromatic carbocycles. The summed E-state index contributed by atoms with van der Waals surface area (Å²) >= 11 is 1.64. The van der Waals surface area contributed by atoms with E-state index in [9.17, 15) is 4.79 Å². The molecule has 0 atom stereocenters. The third-order valence-electron chi connectivity index (χ3n) is 6.89. The number of aliphatic imine (C=N–C) groups is 1. The van der Waals surface area contributed by atoms with Crippen LogP contribution in [0.5, 0.6) is 5.75 Å². The lowest BCUT2D eigenvalue weighted by Crippen LogP contribution is -2.14. The summed E-state index contributed by atoms with van der Waals surface area (Å²) < 4.78 is 6.29. The highest BCUT2D eigenvalue weighted by atomic mass is 32.1. The van der Waals surface area contributed by atoms with E-state index in [4.69, 9.17) is 9.73 Å². The van der Waals surface area contributed by atoms with Gasteiger partial charge in [-0.2, -0.15) is 0 Å². The summed E-state index contributed by atoms with van der Waals surface area (Å²) in [6.45, 7) is 0.470. The number of hydrogen-bond donors (Lipinski definition) is 1. The molecule has 1 aliphatic carbocycles. The molecule has 0 aliphatic heterocycles. The predicted octanol–water partition coefficient (Wildman–Crippen LogP) is 8.36. The monoisotopic (exact) mass is 516 g/mol. The number of amides is 1. The van der Waals surface area contributed by atoms with Gasteiger partial charge in [0.1, 0.15) is 17.4 Å². The van der Waals surface area contributed by atoms with Gasteiger partial charge in [0.2, 0.25) is 0 Å². The van der Waals surface area contributed by atoms with Gasteiger partial charge in [0.25, 0.3) is 5.91 Å². The first-order valence-electron chi connectivity index (χ1n) is 13.0. The quantitative estimate of drug-likeness (QED) is 0.221. The molecule has 0 saturated heterocycles. The number of para-hydroxylation sites is 1. The molecule has 0 radical (unpaired) electrons. The Kier molecular flexibility index (Phi) is 7.01. The van der Waals surface area contributed by atoms with Gasteiger partial charge in [-0.3, -0.25) is 4.79 Å². The zero-order valence-corrected chi connectivity index (χ0v) is 21.8. The minimum Gasteiger partial charge on any atom is -0.488 e. The summed E-state index contributed by atoms with van der Waals surface area (Å²) in [5.41, 5.74) is 4.67. The lowest BCUT2D eigenvalue weighted by Gasteiger charge is -2.13. The second kappa shape index (κ2) is 11.0. The van der Waals surface area contributed by atoms with Crippen LogP contribution in [0.15, 0.2) is 102 Å². The standard InChI is InChI=1S/C33H28N2O2S/c36-32(35-25-14-5-2-6-15-25)31-27-17-9-10-18-30(27)38-33(31)34-21-28-26-16-8-7-13-24(26)19-20-29(28)37-22-23-11-3-1-4-12-23/h1-8,11-16,19-21H,9-10,17-18,22H2,(H,35,36)/b34-21+. The number of aryl methyl sites for hydroxylation is 1. The highest BCUT2D eigenvalue weighted by Gasteiger charge is 2.25. The van der Waals surface area contributed by atoms with Gasteiger partial charge in [-0.25, -0.2) is 4.99 Å². The molecule has 5 heteroatoms. The summed E-state index contributed by atoms with van der Waals surface area (Å²) in [6, 6.07) is 32.1. The molecule has 1 aromatic heterocycles. The minimum atomic E-state index is -0.0961. The van der Waals surface area contributed by atoms with E-state index in [2.05, 4.69) is 35.6 Å². The molecule has 6 rings (SSSR count). The van der Waals surface area contributed by atoms with Crippen molar-refractivity contribution in [1.82, 2.24) is 0 Å². The third-order valence-corrected chi connectivity index (χ3v) is 8.09. The van der Waals surface area contributed by atoms with Crippen molar-refractivity contribution >= 4 is 44.9 Å². The number of hydrogen-bond acceptors (Lipinski definition) is 4. The summed E-state index contributed by atoms with van der Waals surface area (Å²) in [5, 5.41) is 6.03. The van der Waals surface area contributed by atoms with Gasteiger partial charge >= 0.3 is 0 Å². The molecule has 5 aromatic rings. The van der Waals surface area contributed by atoms with Crippen LogP contribution in [0.1, 0.15) is 44.8 Å². The fourth-order valence-corrected chi connectivity index (χ4v) is 6.22. The second-order valence-electron chi connectivity index (χ2n) is 9.44. The molecule has 0 saturated carbocycles. The minimum absolute atomic E-state index is 0.0961. The van der Waals surface area contributed by atoms with Gasteiger partial charge in [0.15, 0.2) is 0 Å². The Morgan fingerprint density at radius 1 is 0.868 bits per heavy atom. The van der Waals surface area contributed by atoms with Crippen LogP contribution in [0.4, 0.5) is 10.7 Å². The Morgan fingerprint density at radius 3 is 2.45 bits per heavy atom. The summed E-state index contributed by atoms with van der Waals surface area (Å²) in [5.74, 6) is 0.675. The number of carbonyl (C=O) groups is 1. The maximum atomic E-state index is 13.5. The maximum absolute atomic E-state index is 13.5. The van der Waals surface area contributed by atoms with E-state index in [1.54, 1.807) is 11.3 Å². The van der Waals surface area contributed by atoms with E-state index in [-0.39, 0.29) is 5.91 Å². The van der Waals surface area contributed by atoms with Gasteiger partial charge < -0.3 is 10.1 Å². The van der Waals surface area contributed by atoms with Crippen LogP contribution in [-0.2, 0) is 19.4 Å². The van der Waals surface area contributed by atoms with Crippen molar-refractivity contribution in [2.24, 2.45) is 4.99 Å². The molecule has 0 bridgehead atoms. The van der Waals surface area contributed by atoms with Crippen molar-refractivity contribution in [3.05, 3.63) is 124 Å². The number of rotatable bonds is 7. The van der Waals surface area contributed by atoms with Crippen molar-refractivity contribution in [3.8, 4) is 5.75 Å². The summed E-state index contributed by atoms with van der Waals surface area (Å²) in [4.78, 5) is 19.8. The molecule has 38 heavy (non-hydrogen) atoms. The number of carbonyl (C=O) groups excluding carboxylic acids is 1. The third kappa shape index (κ3) is 5.11. The van der Waals surface area contributed by atoms with E-state index < -0.39 is 0 Å². The first-order chi connectivity index (χ1) is 18.8. The molecular formula is C33H28N2O2S. The van der Waals surface area contributed by atoms with Crippen LogP contribution in [0.25, 0.3) is 10.8 Å². The van der Waals surface area contributed by atoms with E-state index in [0.29, 0.717) is 12.2 Å². The largest absolute Gasteiger partial charge is 0.488 e. The van der Waals surface area contributed by atoms with Crippen LogP contribution in [-0.4, -0.2) is 12.1 Å². The van der Waals surface area contributed by atoms with Gasteiger partial charge in [0, 0.05) is 22.3 Å². The van der Waals surface area contributed by atoms with Crippen LogP contribution in [0.2, 0.25) is 0 Å². The lowest BCUT2D eigenvalue weighted by atomic mass is 9.95. The van der Waals surface area contributed by atoms with Crippen molar-refractivity contribution < 1.29 is 9.53 Å². The van der Waals surface area contributed by atoms with Gasteiger partial charge in [-0.15, -0.1) is 11.3 Å². The lowest BCUT2D eigenvalue weighted by molar-refractivity contribution is 0.102. The van der Waals surface area contributed by atoms with Crippen molar-refractivity contribution in [3.63, 3.8) is 0 Å². The average Bonchev–Trinajstić information content (AvgIpc) is 3.34. The fourth-order valence-electron chi connectivity index (χ4n) is 4.98. The predicted molar refractivity (Wildman–Crippen MR) is 157 cm³/mol. The Balaban J connectivity index is 1.38. The van der Waals surface area contributed by atoms with E-state index in [1.165, 1.54) is 4.88 Å². The van der Waals surface area contributed by atoms with Gasteiger partial charge in [-0.05, 0) is 65.8 Å².